The van der Waals surface area contributed by atoms with Crippen LogP contribution in [0.4, 0.5) is 4.79 Å². The summed E-state index contributed by atoms with van der Waals surface area (Å²) in [5, 5.41) is 11.6. The Morgan fingerprint density at radius 2 is 1.76 bits per heavy atom. The zero-order chi connectivity index (χ0) is 26.8. The Kier molecular flexibility index (Phi) is 10.8. The molecule has 2 aromatic rings. The predicted molar refractivity (Wildman–Crippen MR) is 147 cm³/mol. The molecule has 0 spiro atoms. The molecule has 1 aliphatic rings. The first kappa shape index (κ1) is 28.9. The molecule has 1 aromatic heterocycles. The van der Waals surface area contributed by atoms with Crippen LogP contribution in [0.1, 0.15) is 64.9 Å². The van der Waals surface area contributed by atoms with Gasteiger partial charge in [-0.25, -0.2) is 4.79 Å². The van der Waals surface area contributed by atoms with Crippen molar-refractivity contribution in [1.29, 1.82) is 0 Å². The second-order valence-electron chi connectivity index (χ2n) is 10.7. The van der Waals surface area contributed by atoms with Crippen LogP contribution in [-0.4, -0.2) is 55.9 Å². The number of nitrogens with one attached hydrogen (secondary N) is 3. The van der Waals surface area contributed by atoms with Crippen molar-refractivity contribution in [2.24, 2.45) is 5.92 Å². The van der Waals surface area contributed by atoms with Crippen molar-refractivity contribution in [2.45, 2.75) is 83.4 Å². The fourth-order valence-corrected chi connectivity index (χ4v) is 5.71. The molecule has 9 heteroatoms. The number of methoxy groups -OCH3 is 1. The van der Waals surface area contributed by atoms with Crippen molar-refractivity contribution in [2.75, 3.05) is 20.3 Å². The molecular formula is C28H41N3O5S. The van der Waals surface area contributed by atoms with Gasteiger partial charge in [-0.05, 0) is 55.5 Å². The minimum absolute atomic E-state index is 0.229. The summed E-state index contributed by atoms with van der Waals surface area (Å²) in [5.41, 5.74) is 0.260. The van der Waals surface area contributed by atoms with Crippen LogP contribution in [0.15, 0.2) is 29.6 Å². The zero-order valence-electron chi connectivity index (χ0n) is 22.4. The molecule has 0 aliphatic heterocycles. The molecule has 0 radical (unpaired) electrons. The van der Waals surface area contributed by atoms with E-state index in [9.17, 15) is 14.4 Å². The number of ether oxygens (including phenoxy) is 2. The monoisotopic (exact) mass is 531 g/mol. The molecule has 1 unspecified atom stereocenters. The van der Waals surface area contributed by atoms with E-state index in [1.165, 1.54) is 6.42 Å². The SMILES string of the molecule is COCCNC(=O)C(CC1CCCCC1)NC(=O)[C@H](Cc1csc2ccccc12)NC(=O)OC(C)(C)C. The maximum atomic E-state index is 13.6. The Hall–Kier alpha value is -2.65. The minimum Gasteiger partial charge on any atom is -0.444 e. The van der Waals surface area contributed by atoms with Gasteiger partial charge in [0.05, 0.1) is 6.61 Å². The Labute approximate surface area is 223 Å². The van der Waals surface area contributed by atoms with Crippen LogP contribution < -0.4 is 16.0 Å². The molecular weight excluding hydrogens is 490 g/mol. The average molecular weight is 532 g/mol. The molecule has 204 valence electrons. The van der Waals surface area contributed by atoms with Gasteiger partial charge in [0.1, 0.15) is 17.7 Å². The molecule has 37 heavy (non-hydrogen) atoms. The number of rotatable bonds is 11. The third kappa shape index (κ3) is 9.31. The quantitative estimate of drug-likeness (QED) is 0.369. The number of hydrogen-bond acceptors (Lipinski definition) is 6. The van der Waals surface area contributed by atoms with E-state index in [2.05, 4.69) is 16.0 Å². The van der Waals surface area contributed by atoms with Crippen LogP contribution in [-0.2, 0) is 25.5 Å². The average Bonchev–Trinajstić information content (AvgIpc) is 3.25. The molecule has 1 saturated carbocycles. The second kappa shape index (κ2) is 13.8. The molecule has 0 bridgehead atoms. The summed E-state index contributed by atoms with van der Waals surface area (Å²) in [5.74, 6) is -0.248. The lowest BCUT2D eigenvalue weighted by Gasteiger charge is -2.28. The molecule has 3 N–H and O–H groups in total. The van der Waals surface area contributed by atoms with E-state index in [0.717, 1.165) is 41.3 Å². The Balaban J connectivity index is 1.78. The summed E-state index contributed by atoms with van der Waals surface area (Å²) in [6.45, 7) is 6.09. The molecule has 8 nitrogen and oxygen atoms in total. The summed E-state index contributed by atoms with van der Waals surface area (Å²) < 4.78 is 11.6. The summed E-state index contributed by atoms with van der Waals surface area (Å²) >= 11 is 1.60. The Morgan fingerprint density at radius 1 is 1.03 bits per heavy atom. The molecule has 3 amide bonds. The highest BCUT2D eigenvalue weighted by molar-refractivity contribution is 7.17. The predicted octanol–water partition coefficient (Wildman–Crippen LogP) is 4.55. The standard InChI is InChI=1S/C28H41N3O5S/c1-28(2,3)36-27(34)31-23(17-20-18-37-24-13-9-8-12-21(20)24)26(33)30-22(25(32)29-14-15-35-4)16-19-10-6-5-7-11-19/h8-9,12-13,18-19,22-23H,5-7,10-11,14-17H2,1-4H3,(H,29,32)(H,30,33)(H,31,34)/t22?,23-/m0/s1. The third-order valence-corrected chi connectivity index (χ3v) is 7.54. The first-order valence-corrected chi connectivity index (χ1v) is 14.1. The Bertz CT molecular complexity index is 1040. The molecule has 1 heterocycles. The maximum Gasteiger partial charge on any atom is 0.408 e. The van der Waals surface area contributed by atoms with Crippen molar-refractivity contribution in [3.05, 3.63) is 35.2 Å². The van der Waals surface area contributed by atoms with Crippen LogP contribution in [0, 0.1) is 5.92 Å². The van der Waals surface area contributed by atoms with Gasteiger partial charge in [-0.3, -0.25) is 9.59 Å². The van der Waals surface area contributed by atoms with Crippen molar-refractivity contribution in [1.82, 2.24) is 16.0 Å². The van der Waals surface area contributed by atoms with Crippen molar-refractivity contribution in [3.8, 4) is 0 Å². The Morgan fingerprint density at radius 3 is 2.46 bits per heavy atom. The number of benzene rings is 1. The van der Waals surface area contributed by atoms with Gasteiger partial charge in [0.25, 0.3) is 0 Å². The maximum absolute atomic E-state index is 13.6. The van der Waals surface area contributed by atoms with Gasteiger partial charge in [0, 0.05) is 24.8 Å². The molecule has 1 aromatic carbocycles. The summed E-state index contributed by atoms with van der Waals surface area (Å²) in [7, 11) is 1.58. The number of thiophene rings is 1. The largest absolute Gasteiger partial charge is 0.444 e. The number of fused-ring (bicyclic) bond motifs is 1. The normalized spacial score (nSPS) is 16.1. The molecule has 2 atom stereocenters. The second-order valence-corrected chi connectivity index (χ2v) is 11.7. The number of carbonyl (C=O) groups is 3. The lowest BCUT2D eigenvalue weighted by Crippen LogP contribution is -2.55. The fourth-order valence-electron chi connectivity index (χ4n) is 4.73. The molecule has 1 aliphatic carbocycles. The van der Waals surface area contributed by atoms with Gasteiger partial charge in [-0.1, -0.05) is 50.3 Å². The van der Waals surface area contributed by atoms with Crippen molar-refractivity contribution < 1.29 is 23.9 Å². The van der Waals surface area contributed by atoms with Crippen LogP contribution in [0.25, 0.3) is 10.1 Å². The fraction of sp³-hybridized carbons (Fsp3) is 0.607. The van der Waals surface area contributed by atoms with E-state index in [0.29, 0.717) is 25.5 Å². The van der Waals surface area contributed by atoms with E-state index in [1.54, 1.807) is 39.2 Å². The first-order chi connectivity index (χ1) is 17.7. The highest BCUT2D eigenvalue weighted by Crippen LogP contribution is 2.28. The smallest absolute Gasteiger partial charge is 0.408 e. The van der Waals surface area contributed by atoms with Gasteiger partial charge >= 0.3 is 6.09 Å². The lowest BCUT2D eigenvalue weighted by atomic mass is 9.84. The van der Waals surface area contributed by atoms with Gasteiger partial charge in [-0.15, -0.1) is 11.3 Å². The number of alkyl carbamates (subject to hydrolysis) is 1. The van der Waals surface area contributed by atoms with E-state index >= 15 is 0 Å². The molecule has 3 rings (SSSR count). The van der Waals surface area contributed by atoms with Crippen LogP contribution in [0.3, 0.4) is 0 Å². The van der Waals surface area contributed by atoms with Gasteiger partial charge < -0.3 is 25.4 Å². The minimum atomic E-state index is -0.895. The van der Waals surface area contributed by atoms with E-state index in [-0.39, 0.29) is 12.3 Å². The van der Waals surface area contributed by atoms with Crippen molar-refractivity contribution in [3.63, 3.8) is 0 Å². The lowest BCUT2D eigenvalue weighted by molar-refractivity contribution is -0.130. The third-order valence-electron chi connectivity index (χ3n) is 6.52. The number of carbonyl (C=O) groups excluding carboxylic acids is 3. The number of hydrogen-bond donors (Lipinski definition) is 3. The van der Waals surface area contributed by atoms with Crippen LogP contribution in [0.2, 0.25) is 0 Å². The van der Waals surface area contributed by atoms with Crippen LogP contribution >= 0.6 is 11.3 Å². The van der Waals surface area contributed by atoms with Gasteiger partial charge in [0.15, 0.2) is 0 Å². The topological polar surface area (TPSA) is 106 Å². The van der Waals surface area contributed by atoms with Crippen molar-refractivity contribution >= 4 is 39.3 Å². The number of amides is 3. The van der Waals surface area contributed by atoms with E-state index in [1.807, 2.05) is 29.6 Å². The summed E-state index contributed by atoms with van der Waals surface area (Å²) in [4.78, 5) is 39.3. The van der Waals surface area contributed by atoms with E-state index in [4.69, 9.17) is 9.47 Å². The highest BCUT2D eigenvalue weighted by Gasteiger charge is 2.31. The highest BCUT2D eigenvalue weighted by atomic mass is 32.1. The first-order valence-electron chi connectivity index (χ1n) is 13.2. The van der Waals surface area contributed by atoms with Crippen LogP contribution in [0.5, 0.6) is 0 Å². The molecule has 0 saturated heterocycles. The van der Waals surface area contributed by atoms with Gasteiger partial charge in [0.2, 0.25) is 11.8 Å². The summed E-state index contributed by atoms with van der Waals surface area (Å²) in [6.07, 6.45) is 5.80. The van der Waals surface area contributed by atoms with E-state index < -0.39 is 29.7 Å². The summed E-state index contributed by atoms with van der Waals surface area (Å²) in [6, 6.07) is 6.40. The van der Waals surface area contributed by atoms with Gasteiger partial charge in [-0.2, -0.15) is 0 Å². The molecule has 1 fully saturated rings. The zero-order valence-corrected chi connectivity index (χ0v) is 23.2.